The summed E-state index contributed by atoms with van der Waals surface area (Å²) in [4.78, 5) is 2.20. The van der Waals surface area contributed by atoms with Gasteiger partial charge in [-0.3, -0.25) is 0 Å². The Bertz CT molecular complexity index is 957. The van der Waals surface area contributed by atoms with E-state index in [1.807, 2.05) is 31.2 Å². The van der Waals surface area contributed by atoms with Gasteiger partial charge in [0, 0.05) is 31.4 Å². The van der Waals surface area contributed by atoms with Crippen LogP contribution in [0.5, 0.6) is 0 Å². The topological polar surface area (TPSA) is 64.4 Å². The molecule has 1 heterocycles. The van der Waals surface area contributed by atoms with Crippen LogP contribution in [0.4, 0.5) is 5.69 Å². The predicted molar refractivity (Wildman–Crippen MR) is 113 cm³/mol. The highest BCUT2D eigenvalue weighted by Crippen LogP contribution is 2.30. The first-order valence-corrected chi connectivity index (χ1v) is 11.4. The zero-order valence-electron chi connectivity index (χ0n) is 15.9. The van der Waals surface area contributed by atoms with Crippen LogP contribution in [0.3, 0.4) is 0 Å². The second-order valence-corrected chi connectivity index (χ2v) is 9.50. The van der Waals surface area contributed by atoms with Crippen molar-refractivity contribution in [3.8, 4) is 6.07 Å². The fourth-order valence-electron chi connectivity index (χ4n) is 3.59. The molecule has 1 aliphatic heterocycles. The van der Waals surface area contributed by atoms with Crippen LogP contribution in [0.25, 0.3) is 0 Å². The Morgan fingerprint density at radius 1 is 1.25 bits per heavy atom. The zero-order chi connectivity index (χ0) is 20.1. The third-order valence-electron chi connectivity index (χ3n) is 5.02. The van der Waals surface area contributed by atoms with Crippen molar-refractivity contribution in [2.24, 2.45) is 0 Å². The van der Waals surface area contributed by atoms with E-state index in [-0.39, 0.29) is 11.8 Å². The van der Waals surface area contributed by atoms with E-state index in [4.69, 9.17) is 16.9 Å². The summed E-state index contributed by atoms with van der Waals surface area (Å²) < 4.78 is 26.6. The standard InChI is InChI=1S/C21H24ClN3O2S/c1-2-12-28(26,27)24-11-10-20(16-24)25(15-17-6-4-3-5-7-17)19-9-8-18(14-23)21(22)13-19/h3-9,13,20H,2,10-12,15-16H2,1H3/t20-/m0/s1. The van der Waals surface area contributed by atoms with E-state index in [1.54, 1.807) is 16.4 Å². The molecule has 148 valence electrons. The number of hydrogen-bond donors (Lipinski definition) is 0. The van der Waals surface area contributed by atoms with E-state index in [0.29, 0.717) is 36.6 Å². The van der Waals surface area contributed by atoms with Crippen LogP contribution in [0.2, 0.25) is 5.02 Å². The van der Waals surface area contributed by atoms with Crippen LogP contribution in [-0.2, 0) is 16.6 Å². The van der Waals surface area contributed by atoms with Crippen molar-refractivity contribution < 1.29 is 8.42 Å². The van der Waals surface area contributed by atoms with Crippen molar-refractivity contribution in [1.29, 1.82) is 5.26 Å². The number of nitrogens with zero attached hydrogens (tertiary/aromatic N) is 3. The molecule has 0 aliphatic carbocycles. The molecule has 0 radical (unpaired) electrons. The van der Waals surface area contributed by atoms with Gasteiger partial charge in [0.15, 0.2) is 0 Å². The van der Waals surface area contributed by atoms with Gasteiger partial charge in [0.25, 0.3) is 0 Å². The molecule has 0 unspecified atom stereocenters. The van der Waals surface area contributed by atoms with E-state index < -0.39 is 10.0 Å². The largest absolute Gasteiger partial charge is 0.363 e. The summed E-state index contributed by atoms with van der Waals surface area (Å²) in [5, 5.41) is 9.56. The highest BCUT2D eigenvalue weighted by atomic mass is 35.5. The second-order valence-electron chi connectivity index (χ2n) is 7.01. The van der Waals surface area contributed by atoms with Gasteiger partial charge in [-0.25, -0.2) is 8.42 Å². The number of nitriles is 1. The van der Waals surface area contributed by atoms with Gasteiger partial charge in [-0.1, -0.05) is 48.9 Å². The monoisotopic (exact) mass is 417 g/mol. The van der Waals surface area contributed by atoms with E-state index in [1.165, 1.54) is 0 Å². The van der Waals surface area contributed by atoms with Gasteiger partial charge in [0.1, 0.15) is 6.07 Å². The first-order chi connectivity index (χ1) is 13.4. The van der Waals surface area contributed by atoms with Crippen molar-refractivity contribution in [3.63, 3.8) is 0 Å². The van der Waals surface area contributed by atoms with E-state index in [0.717, 1.165) is 17.7 Å². The molecule has 3 rings (SSSR count). The first-order valence-electron chi connectivity index (χ1n) is 9.42. The molecule has 0 bridgehead atoms. The van der Waals surface area contributed by atoms with E-state index >= 15 is 0 Å². The lowest BCUT2D eigenvalue weighted by atomic mass is 10.1. The lowest BCUT2D eigenvalue weighted by Crippen LogP contribution is -2.39. The zero-order valence-corrected chi connectivity index (χ0v) is 17.5. The van der Waals surface area contributed by atoms with Gasteiger partial charge < -0.3 is 4.90 Å². The molecule has 0 saturated carbocycles. The Morgan fingerprint density at radius 2 is 2.00 bits per heavy atom. The van der Waals surface area contributed by atoms with Gasteiger partial charge >= 0.3 is 0 Å². The second kappa shape index (κ2) is 8.95. The minimum atomic E-state index is -3.21. The lowest BCUT2D eigenvalue weighted by Gasteiger charge is -2.31. The molecule has 0 N–H and O–H groups in total. The highest BCUT2D eigenvalue weighted by molar-refractivity contribution is 7.89. The van der Waals surface area contributed by atoms with Crippen LogP contribution in [0, 0.1) is 11.3 Å². The lowest BCUT2D eigenvalue weighted by molar-refractivity contribution is 0.467. The summed E-state index contributed by atoms with van der Waals surface area (Å²) in [5.74, 6) is 0.182. The van der Waals surface area contributed by atoms with Crippen LogP contribution in [0.15, 0.2) is 48.5 Å². The third kappa shape index (κ3) is 4.67. The Balaban J connectivity index is 1.89. The molecule has 1 atom stereocenters. The van der Waals surface area contributed by atoms with Crippen molar-refractivity contribution in [2.75, 3.05) is 23.7 Å². The third-order valence-corrected chi connectivity index (χ3v) is 7.38. The molecular weight excluding hydrogens is 394 g/mol. The van der Waals surface area contributed by atoms with Crippen LogP contribution < -0.4 is 4.90 Å². The SMILES string of the molecule is CCCS(=O)(=O)N1CC[C@H](N(Cc2ccccc2)c2ccc(C#N)c(Cl)c2)C1. The summed E-state index contributed by atoms with van der Waals surface area (Å²) in [6.45, 7) is 3.52. The summed E-state index contributed by atoms with van der Waals surface area (Å²) >= 11 is 6.27. The van der Waals surface area contributed by atoms with Crippen LogP contribution in [0.1, 0.15) is 30.9 Å². The Kier molecular flexibility index (Phi) is 6.61. The average molecular weight is 418 g/mol. The number of benzene rings is 2. The van der Waals surface area contributed by atoms with Gasteiger partial charge in [0.05, 0.1) is 16.3 Å². The molecule has 28 heavy (non-hydrogen) atoms. The van der Waals surface area contributed by atoms with Crippen molar-refractivity contribution in [2.45, 2.75) is 32.4 Å². The summed E-state index contributed by atoms with van der Waals surface area (Å²) in [6.07, 6.45) is 1.37. The molecule has 1 saturated heterocycles. The fraction of sp³-hybridized carbons (Fsp3) is 0.381. The number of anilines is 1. The molecule has 2 aromatic carbocycles. The van der Waals surface area contributed by atoms with Gasteiger partial charge in [-0.2, -0.15) is 9.57 Å². The Morgan fingerprint density at radius 3 is 2.64 bits per heavy atom. The maximum absolute atomic E-state index is 12.5. The van der Waals surface area contributed by atoms with Crippen molar-refractivity contribution in [3.05, 3.63) is 64.7 Å². The Labute approximate surface area is 172 Å². The molecule has 2 aromatic rings. The molecule has 1 aliphatic rings. The highest BCUT2D eigenvalue weighted by Gasteiger charge is 2.34. The fourth-order valence-corrected chi connectivity index (χ4v) is 5.36. The molecule has 5 nitrogen and oxygen atoms in total. The maximum atomic E-state index is 12.5. The number of rotatable bonds is 7. The molecular formula is C21H24ClN3O2S. The Hall–Kier alpha value is -2.07. The van der Waals surface area contributed by atoms with Gasteiger partial charge in [0.2, 0.25) is 10.0 Å². The number of hydrogen-bond acceptors (Lipinski definition) is 4. The minimum Gasteiger partial charge on any atom is -0.363 e. The van der Waals surface area contributed by atoms with E-state index in [2.05, 4.69) is 23.1 Å². The normalized spacial score (nSPS) is 17.4. The minimum absolute atomic E-state index is 0.0517. The molecule has 0 spiro atoms. The maximum Gasteiger partial charge on any atom is 0.214 e. The van der Waals surface area contributed by atoms with Gasteiger partial charge in [-0.05, 0) is 36.6 Å². The van der Waals surface area contributed by atoms with Crippen molar-refractivity contribution >= 4 is 27.3 Å². The van der Waals surface area contributed by atoms with Crippen molar-refractivity contribution in [1.82, 2.24) is 4.31 Å². The molecule has 0 aromatic heterocycles. The summed E-state index contributed by atoms with van der Waals surface area (Å²) in [7, 11) is -3.21. The average Bonchev–Trinajstić information content (AvgIpc) is 3.18. The first kappa shape index (κ1) is 20.7. The van der Waals surface area contributed by atoms with E-state index in [9.17, 15) is 8.42 Å². The summed E-state index contributed by atoms with van der Waals surface area (Å²) in [5.41, 5.74) is 2.47. The molecule has 1 fully saturated rings. The predicted octanol–water partition coefficient (Wildman–Crippen LogP) is 4.03. The smallest absolute Gasteiger partial charge is 0.214 e. The quantitative estimate of drug-likeness (QED) is 0.682. The van der Waals surface area contributed by atoms with Crippen LogP contribution in [-0.4, -0.2) is 37.6 Å². The molecule has 0 amide bonds. The van der Waals surface area contributed by atoms with Gasteiger partial charge in [-0.15, -0.1) is 0 Å². The van der Waals surface area contributed by atoms with Crippen LogP contribution >= 0.6 is 11.6 Å². The molecule has 7 heteroatoms. The number of sulfonamides is 1. The number of halogens is 1. The summed E-state index contributed by atoms with van der Waals surface area (Å²) in [6, 6.07) is 17.6.